The summed E-state index contributed by atoms with van der Waals surface area (Å²) in [6, 6.07) is 39.2. The number of hydrogen-bond donors (Lipinski definition) is 2. The summed E-state index contributed by atoms with van der Waals surface area (Å²) in [5.41, 5.74) is 15.8. The standard InChI is InChI=1S/2C27H26O4/c2*1-30-24-14-15-25(31-2)23(17-24)16-22-13-12-20-5-3-4-19(26(20)22)9-6-18-7-10-21(11-8-18)27(28)29/h3-5,7-8,10-11,14-17H,6,9,12-13H2,1-2H3,(H,28,29);3-5,7-8,10-11,13-15,17H,6,9,12,16H2,1-2H3,(H,28,29)/b22-16+;. The Morgan fingerprint density at radius 3 is 1.66 bits per heavy atom. The Morgan fingerprint density at radius 1 is 0.548 bits per heavy atom. The summed E-state index contributed by atoms with van der Waals surface area (Å²) in [5.74, 6) is 1.55. The third-order valence-electron chi connectivity index (χ3n) is 11.8. The zero-order valence-electron chi connectivity index (χ0n) is 35.7. The number of aromatic carboxylic acids is 2. The lowest BCUT2D eigenvalue weighted by molar-refractivity contribution is 0.0686. The third kappa shape index (κ3) is 10.1. The fraction of sp³-hybridized carbons (Fsp3) is 0.222. The number of methoxy groups -OCH3 is 4. The molecule has 2 aliphatic rings. The van der Waals surface area contributed by atoms with E-state index in [0.29, 0.717) is 11.1 Å². The van der Waals surface area contributed by atoms with Crippen LogP contribution in [-0.4, -0.2) is 50.6 Å². The molecule has 0 fully saturated rings. The van der Waals surface area contributed by atoms with Crippen LogP contribution in [0.5, 0.6) is 23.0 Å². The van der Waals surface area contributed by atoms with Crippen molar-refractivity contribution in [3.05, 3.63) is 194 Å². The van der Waals surface area contributed by atoms with Gasteiger partial charge >= 0.3 is 11.9 Å². The highest BCUT2D eigenvalue weighted by atomic mass is 16.5. The molecule has 6 aromatic carbocycles. The minimum atomic E-state index is -0.893. The van der Waals surface area contributed by atoms with Crippen molar-refractivity contribution >= 4 is 29.2 Å². The van der Waals surface area contributed by atoms with Gasteiger partial charge in [-0.15, -0.1) is 0 Å². The molecular weight excluding hydrogens is 777 g/mol. The van der Waals surface area contributed by atoms with Crippen LogP contribution >= 0.6 is 0 Å². The van der Waals surface area contributed by atoms with Crippen molar-refractivity contribution in [1.82, 2.24) is 0 Å². The van der Waals surface area contributed by atoms with Gasteiger partial charge in [0.1, 0.15) is 23.0 Å². The molecule has 0 aromatic heterocycles. The van der Waals surface area contributed by atoms with E-state index in [1.54, 1.807) is 52.7 Å². The minimum absolute atomic E-state index is 0.321. The lowest BCUT2D eigenvalue weighted by Crippen LogP contribution is -2.01. The summed E-state index contributed by atoms with van der Waals surface area (Å²) in [5, 5.41) is 18.2. The molecule has 8 heteroatoms. The van der Waals surface area contributed by atoms with E-state index >= 15 is 0 Å². The second kappa shape index (κ2) is 20.0. The molecular formula is C54H52O8. The van der Waals surface area contributed by atoms with Crippen molar-refractivity contribution in [3.8, 4) is 23.0 Å². The molecule has 316 valence electrons. The molecule has 0 aliphatic heterocycles. The summed E-state index contributed by atoms with van der Waals surface area (Å²) < 4.78 is 22.0. The van der Waals surface area contributed by atoms with Crippen LogP contribution in [0.4, 0.5) is 0 Å². The van der Waals surface area contributed by atoms with E-state index in [1.165, 1.54) is 44.5 Å². The number of rotatable bonds is 15. The number of hydrogen-bond acceptors (Lipinski definition) is 6. The van der Waals surface area contributed by atoms with Crippen LogP contribution in [-0.2, 0) is 44.9 Å². The largest absolute Gasteiger partial charge is 0.497 e. The summed E-state index contributed by atoms with van der Waals surface area (Å²) in [6.45, 7) is 0. The van der Waals surface area contributed by atoms with E-state index < -0.39 is 11.9 Å². The molecule has 62 heavy (non-hydrogen) atoms. The fourth-order valence-electron chi connectivity index (χ4n) is 8.51. The van der Waals surface area contributed by atoms with Crippen molar-refractivity contribution in [2.24, 2.45) is 0 Å². The second-order valence-electron chi connectivity index (χ2n) is 15.5. The molecule has 0 bridgehead atoms. The smallest absolute Gasteiger partial charge is 0.335 e. The Balaban J connectivity index is 0.000000186. The minimum Gasteiger partial charge on any atom is -0.497 e. The molecule has 2 aliphatic carbocycles. The van der Waals surface area contributed by atoms with Crippen LogP contribution in [0.3, 0.4) is 0 Å². The second-order valence-corrected chi connectivity index (χ2v) is 15.5. The molecule has 0 amide bonds. The highest BCUT2D eigenvalue weighted by Gasteiger charge is 2.22. The van der Waals surface area contributed by atoms with Crippen LogP contribution < -0.4 is 18.9 Å². The highest BCUT2D eigenvalue weighted by Crippen LogP contribution is 2.39. The molecule has 8 nitrogen and oxygen atoms in total. The summed E-state index contributed by atoms with van der Waals surface area (Å²) in [6.07, 6.45) is 11.8. The predicted octanol–water partition coefficient (Wildman–Crippen LogP) is 11.0. The maximum absolute atomic E-state index is 11.1. The Kier molecular flexibility index (Phi) is 13.9. The number of allylic oxidation sites excluding steroid dienone is 3. The Morgan fingerprint density at radius 2 is 1.10 bits per heavy atom. The first-order valence-corrected chi connectivity index (χ1v) is 20.9. The summed E-state index contributed by atoms with van der Waals surface area (Å²) in [4.78, 5) is 22.1. The lowest BCUT2D eigenvalue weighted by Gasteiger charge is -2.15. The Hall–Kier alpha value is -7.06. The van der Waals surface area contributed by atoms with Crippen LogP contribution in [0.25, 0.3) is 17.2 Å². The van der Waals surface area contributed by atoms with E-state index in [0.717, 1.165) is 96.6 Å². The van der Waals surface area contributed by atoms with E-state index in [9.17, 15) is 9.59 Å². The first-order valence-electron chi connectivity index (χ1n) is 20.9. The van der Waals surface area contributed by atoms with Gasteiger partial charge in [-0.25, -0.2) is 9.59 Å². The molecule has 0 radical (unpaired) electrons. The number of ether oxygens (including phenoxy) is 4. The maximum atomic E-state index is 11.1. The van der Waals surface area contributed by atoms with Gasteiger partial charge in [-0.1, -0.05) is 66.7 Å². The number of fused-ring (bicyclic) bond motifs is 2. The first kappa shape index (κ1) is 43.0. The normalized spacial score (nSPS) is 13.0. The molecule has 0 unspecified atom stereocenters. The number of carboxylic acids is 2. The van der Waals surface area contributed by atoms with Gasteiger partial charge < -0.3 is 29.2 Å². The lowest BCUT2D eigenvalue weighted by atomic mass is 9.91. The molecule has 0 saturated carbocycles. The van der Waals surface area contributed by atoms with E-state index in [1.807, 2.05) is 60.7 Å². The van der Waals surface area contributed by atoms with Gasteiger partial charge in [-0.05, 0) is 167 Å². The van der Waals surface area contributed by atoms with E-state index in [-0.39, 0.29) is 0 Å². The molecule has 0 saturated heterocycles. The number of benzene rings is 6. The quantitative estimate of drug-likeness (QED) is 0.105. The molecule has 2 N–H and O–H groups in total. The monoisotopic (exact) mass is 828 g/mol. The van der Waals surface area contributed by atoms with Gasteiger partial charge in [0.25, 0.3) is 0 Å². The van der Waals surface area contributed by atoms with Crippen molar-refractivity contribution < 1.29 is 38.7 Å². The molecule has 0 atom stereocenters. The Labute approximate surface area is 363 Å². The van der Waals surface area contributed by atoms with Crippen molar-refractivity contribution in [2.75, 3.05) is 28.4 Å². The van der Waals surface area contributed by atoms with Crippen LogP contribution in [0.15, 0.2) is 127 Å². The molecule has 6 aromatic rings. The highest BCUT2D eigenvalue weighted by molar-refractivity contribution is 5.89. The van der Waals surface area contributed by atoms with Gasteiger partial charge in [0.15, 0.2) is 0 Å². The first-order chi connectivity index (χ1) is 30.2. The molecule has 0 heterocycles. The number of carbonyl (C=O) groups is 2. The maximum Gasteiger partial charge on any atom is 0.335 e. The average molecular weight is 829 g/mol. The Bertz CT molecular complexity index is 2620. The third-order valence-corrected chi connectivity index (χ3v) is 11.8. The zero-order chi connectivity index (χ0) is 43.6. The summed E-state index contributed by atoms with van der Waals surface area (Å²) in [7, 11) is 6.73. The van der Waals surface area contributed by atoms with Gasteiger partial charge in [0.2, 0.25) is 0 Å². The fourth-order valence-corrected chi connectivity index (χ4v) is 8.51. The molecule has 0 spiro atoms. The van der Waals surface area contributed by atoms with Crippen LogP contribution in [0.2, 0.25) is 0 Å². The number of carboxylic acid groups (broad SMARTS) is 2. The van der Waals surface area contributed by atoms with Crippen molar-refractivity contribution in [1.29, 1.82) is 0 Å². The zero-order valence-corrected chi connectivity index (χ0v) is 35.7. The average Bonchev–Trinajstić information content (AvgIpc) is 3.92. The van der Waals surface area contributed by atoms with Crippen LogP contribution in [0.1, 0.15) is 82.8 Å². The summed E-state index contributed by atoms with van der Waals surface area (Å²) >= 11 is 0. The van der Waals surface area contributed by atoms with Crippen molar-refractivity contribution in [3.63, 3.8) is 0 Å². The van der Waals surface area contributed by atoms with Gasteiger partial charge in [-0.3, -0.25) is 0 Å². The topological polar surface area (TPSA) is 112 Å². The SMILES string of the molecule is COc1ccc(OC)c(/C=C2\CCc3cccc(CCc4ccc(C(=O)O)cc4)c32)c1.COc1ccc(OC)c(CC2=CCc3cccc(CCc4ccc(C(=O)O)cc4)c32)c1. The van der Waals surface area contributed by atoms with Gasteiger partial charge in [-0.2, -0.15) is 0 Å². The van der Waals surface area contributed by atoms with Crippen molar-refractivity contribution in [2.45, 2.75) is 51.4 Å². The predicted molar refractivity (Wildman–Crippen MR) is 245 cm³/mol. The van der Waals surface area contributed by atoms with Gasteiger partial charge in [0.05, 0.1) is 39.6 Å². The van der Waals surface area contributed by atoms with Crippen LogP contribution in [0, 0.1) is 0 Å². The number of aryl methyl sites for hydroxylation is 5. The van der Waals surface area contributed by atoms with E-state index in [2.05, 4.69) is 48.6 Å². The van der Waals surface area contributed by atoms with E-state index in [4.69, 9.17) is 29.2 Å². The van der Waals surface area contributed by atoms with Gasteiger partial charge in [0, 0.05) is 17.5 Å². The molecule has 8 rings (SSSR count).